The number of epoxide rings is 1. The predicted molar refractivity (Wildman–Crippen MR) is 50.8 cm³/mol. The number of hydrogen-bond donors (Lipinski definition) is 1. The Balaban J connectivity index is 1.72. The van der Waals surface area contributed by atoms with Gasteiger partial charge >= 0.3 is 0 Å². The minimum atomic E-state index is 0.0700. The Morgan fingerprint density at radius 2 is 1.67 bits per heavy atom. The van der Waals surface area contributed by atoms with Gasteiger partial charge in [-0.05, 0) is 6.42 Å². The normalized spacial score (nSPS) is 27.5. The largest absolute Gasteiger partial charge is 0.353 e. The van der Waals surface area contributed by atoms with Gasteiger partial charge in [0.15, 0.2) is 0 Å². The van der Waals surface area contributed by atoms with Crippen molar-refractivity contribution >= 4 is 0 Å². The van der Waals surface area contributed by atoms with Gasteiger partial charge in [-0.25, -0.2) is 0 Å². The van der Waals surface area contributed by atoms with E-state index in [4.69, 9.17) is 10.5 Å². The molecule has 0 saturated carbocycles. The van der Waals surface area contributed by atoms with Crippen molar-refractivity contribution in [2.75, 3.05) is 0 Å². The van der Waals surface area contributed by atoms with E-state index in [2.05, 4.69) is 6.92 Å². The molecule has 0 aromatic rings. The second kappa shape index (κ2) is 5.55. The predicted octanol–water partition coefficient (Wildman–Crippen LogP) is 2.42. The van der Waals surface area contributed by atoms with Gasteiger partial charge in [0.25, 0.3) is 0 Å². The van der Waals surface area contributed by atoms with Crippen molar-refractivity contribution in [2.45, 2.75) is 64.2 Å². The average molecular weight is 171 g/mol. The quantitative estimate of drug-likeness (QED) is 0.472. The van der Waals surface area contributed by atoms with Crippen molar-refractivity contribution in [3.05, 3.63) is 0 Å². The van der Waals surface area contributed by atoms with Crippen LogP contribution in [-0.2, 0) is 4.74 Å². The van der Waals surface area contributed by atoms with Crippen molar-refractivity contribution in [3.8, 4) is 0 Å². The third-order valence-corrected chi connectivity index (χ3v) is 2.46. The van der Waals surface area contributed by atoms with Crippen LogP contribution in [0.3, 0.4) is 0 Å². The van der Waals surface area contributed by atoms with E-state index in [0.29, 0.717) is 6.10 Å². The third kappa shape index (κ3) is 4.07. The molecule has 0 amide bonds. The van der Waals surface area contributed by atoms with Crippen LogP contribution in [0.1, 0.15) is 51.9 Å². The number of hydrogen-bond acceptors (Lipinski definition) is 2. The fourth-order valence-corrected chi connectivity index (χ4v) is 1.51. The molecule has 1 fully saturated rings. The van der Waals surface area contributed by atoms with Gasteiger partial charge in [0, 0.05) is 0 Å². The first kappa shape index (κ1) is 10.0. The van der Waals surface area contributed by atoms with Gasteiger partial charge in [-0.3, -0.25) is 0 Å². The van der Waals surface area contributed by atoms with Crippen LogP contribution >= 0.6 is 0 Å². The Kier molecular flexibility index (Phi) is 4.62. The van der Waals surface area contributed by atoms with Crippen molar-refractivity contribution in [1.29, 1.82) is 0 Å². The van der Waals surface area contributed by atoms with Crippen LogP contribution in [0.2, 0.25) is 0 Å². The lowest BCUT2D eigenvalue weighted by Crippen LogP contribution is -2.04. The molecular formula is C10H21NO. The number of unbranched alkanes of at least 4 members (excludes halogenated alkanes) is 5. The summed E-state index contributed by atoms with van der Waals surface area (Å²) in [6.07, 6.45) is 9.79. The van der Waals surface area contributed by atoms with E-state index in [1.807, 2.05) is 0 Å². The molecule has 2 N–H and O–H groups in total. The van der Waals surface area contributed by atoms with Crippen LogP contribution < -0.4 is 5.73 Å². The van der Waals surface area contributed by atoms with Gasteiger partial charge in [-0.2, -0.15) is 0 Å². The smallest absolute Gasteiger partial charge is 0.132 e. The summed E-state index contributed by atoms with van der Waals surface area (Å²) in [5, 5.41) is 0. The van der Waals surface area contributed by atoms with Gasteiger partial charge < -0.3 is 10.5 Å². The summed E-state index contributed by atoms with van der Waals surface area (Å²) in [5.74, 6) is 0. The molecule has 1 aliphatic heterocycles. The first-order valence-electron chi connectivity index (χ1n) is 5.25. The summed E-state index contributed by atoms with van der Waals surface area (Å²) in [6.45, 7) is 2.25. The topological polar surface area (TPSA) is 38.5 Å². The van der Waals surface area contributed by atoms with Gasteiger partial charge in [0.05, 0.1) is 6.10 Å². The molecule has 72 valence electrons. The van der Waals surface area contributed by atoms with E-state index in [-0.39, 0.29) is 6.23 Å². The first-order valence-corrected chi connectivity index (χ1v) is 5.25. The Hall–Kier alpha value is -0.0800. The van der Waals surface area contributed by atoms with Gasteiger partial charge in [-0.15, -0.1) is 0 Å². The molecule has 0 aromatic carbocycles. The zero-order chi connectivity index (χ0) is 8.81. The molecule has 2 heteroatoms. The van der Waals surface area contributed by atoms with E-state index in [9.17, 15) is 0 Å². The zero-order valence-electron chi connectivity index (χ0n) is 8.09. The van der Waals surface area contributed by atoms with E-state index < -0.39 is 0 Å². The summed E-state index contributed by atoms with van der Waals surface area (Å²) in [6, 6.07) is 0. The number of nitrogens with two attached hydrogens (primary N) is 1. The molecular weight excluding hydrogens is 150 g/mol. The molecule has 1 aliphatic rings. The Labute approximate surface area is 75.5 Å². The molecule has 1 saturated heterocycles. The van der Waals surface area contributed by atoms with E-state index in [1.54, 1.807) is 0 Å². The SMILES string of the molecule is CCCCCCCCC1OC1N. The van der Waals surface area contributed by atoms with Gasteiger partial charge in [-0.1, -0.05) is 45.4 Å². The molecule has 2 unspecified atom stereocenters. The monoisotopic (exact) mass is 171 g/mol. The standard InChI is InChI=1S/C10H21NO/c1-2-3-4-5-6-7-8-9-10(11)12-9/h9-10H,2-8,11H2,1H3. The second-order valence-electron chi connectivity index (χ2n) is 3.70. The second-order valence-corrected chi connectivity index (χ2v) is 3.70. The molecule has 1 heterocycles. The highest BCUT2D eigenvalue weighted by Gasteiger charge is 2.33. The maximum atomic E-state index is 5.51. The number of rotatable bonds is 7. The molecule has 2 atom stereocenters. The average Bonchev–Trinajstić information content (AvgIpc) is 2.74. The van der Waals surface area contributed by atoms with E-state index in [0.717, 1.165) is 0 Å². The highest BCUT2D eigenvalue weighted by atomic mass is 16.6. The van der Waals surface area contributed by atoms with Crippen molar-refractivity contribution < 1.29 is 4.74 Å². The van der Waals surface area contributed by atoms with E-state index in [1.165, 1.54) is 44.9 Å². The molecule has 1 rings (SSSR count). The van der Waals surface area contributed by atoms with Gasteiger partial charge in [0.2, 0.25) is 0 Å². The molecule has 0 aliphatic carbocycles. The van der Waals surface area contributed by atoms with Crippen LogP contribution in [-0.4, -0.2) is 12.3 Å². The van der Waals surface area contributed by atoms with Crippen LogP contribution in [0.25, 0.3) is 0 Å². The molecule has 12 heavy (non-hydrogen) atoms. The van der Waals surface area contributed by atoms with Crippen LogP contribution in [0.5, 0.6) is 0 Å². The lowest BCUT2D eigenvalue weighted by atomic mass is 10.1. The molecule has 0 radical (unpaired) electrons. The van der Waals surface area contributed by atoms with Crippen molar-refractivity contribution in [2.24, 2.45) is 5.73 Å². The van der Waals surface area contributed by atoms with E-state index >= 15 is 0 Å². The molecule has 0 aromatic heterocycles. The fourth-order valence-electron chi connectivity index (χ4n) is 1.51. The zero-order valence-corrected chi connectivity index (χ0v) is 8.09. The minimum absolute atomic E-state index is 0.0700. The minimum Gasteiger partial charge on any atom is -0.353 e. The maximum absolute atomic E-state index is 5.51. The van der Waals surface area contributed by atoms with Crippen LogP contribution in [0.4, 0.5) is 0 Å². The molecule has 0 bridgehead atoms. The highest BCUT2D eigenvalue weighted by molar-refractivity contribution is 4.78. The summed E-state index contributed by atoms with van der Waals surface area (Å²) in [5.41, 5.74) is 5.51. The Morgan fingerprint density at radius 3 is 2.25 bits per heavy atom. The lowest BCUT2D eigenvalue weighted by molar-refractivity contribution is 0.360. The van der Waals surface area contributed by atoms with Gasteiger partial charge in [0.1, 0.15) is 6.23 Å². The van der Waals surface area contributed by atoms with Crippen LogP contribution in [0, 0.1) is 0 Å². The molecule has 2 nitrogen and oxygen atoms in total. The maximum Gasteiger partial charge on any atom is 0.132 e. The summed E-state index contributed by atoms with van der Waals surface area (Å²) in [4.78, 5) is 0. The summed E-state index contributed by atoms with van der Waals surface area (Å²) >= 11 is 0. The highest BCUT2D eigenvalue weighted by Crippen LogP contribution is 2.22. The third-order valence-electron chi connectivity index (χ3n) is 2.46. The fraction of sp³-hybridized carbons (Fsp3) is 1.00. The summed E-state index contributed by atoms with van der Waals surface area (Å²) < 4.78 is 5.12. The van der Waals surface area contributed by atoms with Crippen molar-refractivity contribution in [3.63, 3.8) is 0 Å². The Bertz CT molecular complexity index is 116. The Morgan fingerprint density at radius 1 is 1.08 bits per heavy atom. The molecule has 0 spiro atoms. The number of ether oxygens (including phenoxy) is 1. The lowest BCUT2D eigenvalue weighted by Gasteiger charge is -1.97. The van der Waals surface area contributed by atoms with Crippen LogP contribution in [0.15, 0.2) is 0 Å². The summed E-state index contributed by atoms with van der Waals surface area (Å²) in [7, 11) is 0. The first-order chi connectivity index (χ1) is 5.84. The van der Waals surface area contributed by atoms with Crippen molar-refractivity contribution in [1.82, 2.24) is 0 Å².